The number of fused-ring (bicyclic) bond motifs is 1. The largest absolute Gasteiger partial charge is 0.369 e. The van der Waals surface area contributed by atoms with Gasteiger partial charge in [0.2, 0.25) is 5.91 Å². The molecule has 0 unspecified atom stereocenters. The summed E-state index contributed by atoms with van der Waals surface area (Å²) >= 11 is 0. The molecule has 33 heavy (non-hydrogen) atoms. The number of pyridine rings is 1. The number of anilines is 1. The predicted molar refractivity (Wildman–Crippen MR) is 127 cm³/mol. The van der Waals surface area contributed by atoms with Crippen LogP contribution < -0.4 is 5.32 Å². The molecule has 0 aliphatic carbocycles. The predicted octanol–water partition coefficient (Wildman–Crippen LogP) is 3.94. The van der Waals surface area contributed by atoms with E-state index in [4.69, 9.17) is 4.98 Å². The normalized spacial score (nSPS) is 15.8. The summed E-state index contributed by atoms with van der Waals surface area (Å²) in [5, 5.41) is 4.27. The minimum atomic E-state index is 0.00549. The maximum Gasteiger partial charge on any atom is 0.224 e. The van der Waals surface area contributed by atoms with Crippen LogP contribution in [0.4, 0.5) is 5.82 Å². The molecule has 0 spiro atoms. The van der Waals surface area contributed by atoms with Crippen molar-refractivity contribution < 1.29 is 4.79 Å². The summed E-state index contributed by atoms with van der Waals surface area (Å²) in [6, 6.07) is 13.9. The maximum absolute atomic E-state index is 13.1. The van der Waals surface area contributed by atoms with Gasteiger partial charge in [0.15, 0.2) is 0 Å². The highest BCUT2D eigenvalue weighted by Gasteiger charge is 2.30. The van der Waals surface area contributed by atoms with Crippen molar-refractivity contribution in [2.45, 2.75) is 38.6 Å². The van der Waals surface area contributed by atoms with Gasteiger partial charge in [-0.15, -0.1) is 0 Å². The summed E-state index contributed by atoms with van der Waals surface area (Å²) < 4.78 is 2.01. The third-order valence-corrected chi connectivity index (χ3v) is 6.13. The number of hydrogen-bond donors (Lipinski definition) is 1. The van der Waals surface area contributed by atoms with E-state index in [0.717, 1.165) is 59.9 Å². The Labute approximate surface area is 192 Å². The first-order valence-electron chi connectivity index (χ1n) is 11.5. The summed E-state index contributed by atoms with van der Waals surface area (Å²) in [7, 11) is 0. The number of carbonyl (C=O) groups excluding carboxylic acids is 1. The van der Waals surface area contributed by atoms with Crippen molar-refractivity contribution in [3.05, 3.63) is 72.7 Å². The number of imidazole rings is 1. The fraction of sp³-hybridized carbons (Fsp3) is 0.320. The molecular formula is C25H27N7O. The molecule has 0 bridgehead atoms. The van der Waals surface area contributed by atoms with E-state index in [2.05, 4.69) is 27.2 Å². The number of amides is 1. The second-order valence-corrected chi connectivity index (χ2v) is 8.15. The fourth-order valence-corrected chi connectivity index (χ4v) is 4.51. The van der Waals surface area contributed by atoms with Crippen LogP contribution in [0.15, 0.2) is 61.2 Å². The lowest BCUT2D eigenvalue weighted by Gasteiger charge is -2.25. The summed E-state index contributed by atoms with van der Waals surface area (Å²) in [4.78, 5) is 33.0. The zero-order valence-corrected chi connectivity index (χ0v) is 18.7. The molecule has 1 aromatic carbocycles. The number of nitrogens with zero attached hydrogens (tertiary/aromatic N) is 6. The summed E-state index contributed by atoms with van der Waals surface area (Å²) in [5.74, 6) is 2.71. The first kappa shape index (κ1) is 21.1. The van der Waals surface area contributed by atoms with Crippen molar-refractivity contribution in [1.29, 1.82) is 0 Å². The van der Waals surface area contributed by atoms with Gasteiger partial charge < -0.3 is 10.2 Å². The fourth-order valence-electron chi connectivity index (χ4n) is 4.51. The molecule has 4 heterocycles. The zero-order valence-electron chi connectivity index (χ0n) is 18.7. The highest BCUT2D eigenvalue weighted by atomic mass is 16.2. The van der Waals surface area contributed by atoms with Gasteiger partial charge in [-0.25, -0.2) is 19.9 Å². The summed E-state index contributed by atoms with van der Waals surface area (Å²) in [5.41, 5.74) is 1.82. The number of benzene rings is 1. The van der Waals surface area contributed by atoms with E-state index in [1.54, 1.807) is 12.5 Å². The number of aryl methyl sites for hydroxylation is 1. The first-order chi connectivity index (χ1) is 16.2. The van der Waals surface area contributed by atoms with Crippen molar-refractivity contribution >= 4 is 22.6 Å². The Morgan fingerprint density at radius 1 is 1.12 bits per heavy atom. The molecule has 0 saturated carbocycles. The van der Waals surface area contributed by atoms with Gasteiger partial charge in [0.1, 0.15) is 23.8 Å². The molecule has 1 fully saturated rings. The maximum atomic E-state index is 13.1. The SMILES string of the molecule is CCc1nccn1-c1cccc([C@H]2CCCN2C(=O)CCNc2ncnc3ccccc23)n1. The summed E-state index contributed by atoms with van der Waals surface area (Å²) in [6.45, 7) is 3.36. The van der Waals surface area contributed by atoms with E-state index in [1.165, 1.54) is 0 Å². The van der Waals surface area contributed by atoms with Gasteiger partial charge in [0, 0.05) is 43.7 Å². The Morgan fingerprint density at radius 2 is 2.03 bits per heavy atom. The Hall–Kier alpha value is -3.81. The third kappa shape index (κ3) is 4.28. The summed E-state index contributed by atoms with van der Waals surface area (Å²) in [6.07, 6.45) is 8.43. The first-order valence-corrected chi connectivity index (χ1v) is 11.5. The minimum Gasteiger partial charge on any atom is -0.369 e. The second kappa shape index (κ2) is 9.36. The monoisotopic (exact) mass is 441 g/mol. The molecule has 4 aromatic rings. The second-order valence-electron chi connectivity index (χ2n) is 8.15. The number of nitrogens with one attached hydrogen (secondary N) is 1. The molecule has 168 valence electrons. The van der Waals surface area contributed by atoms with Crippen molar-refractivity contribution in [3.8, 4) is 5.82 Å². The minimum absolute atomic E-state index is 0.00549. The van der Waals surface area contributed by atoms with Gasteiger partial charge in [-0.05, 0) is 37.1 Å². The van der Waals surface area contributed by atoms with Crippen molar-refractivity contribution in [1.82, 2.24) is 29.4 Å². The quantitative estimate of drug-likeness (QED) is 0.467. The number of rotatable bonds is 7. The number of aromatic nitrogens is 5. The molecule has 8 nitrogen and oxygen atoms in total. The average molecular weight is 442 g/mol. The smallest absolute Gasteiger partial charge is 0.224 e. The van der Waals surface area contributed by atoms with E-state index in [9.17, 15) is 4.79 Å². The van der Waals surface area contributed by atoms with Crippen molar-refractivity contribution in [2.24, 2.45) is 0 Å². The van der Waals surface area contributed by atoms with Crippen LogP contribution in [-0.4, -0.2) is 48.4 Å². The van der Waals surface area contributed by atoms with Crippen LogP contribution in [0, 0.1) is 0 Å². The van der Waals surface area contributed by atoms with Gasteiger partial charge in [0.05, 0.1) is 17.3 Å². The van der Waals surface area contributed by atoms with Crippen LogP contribution in [0.25, 0.3) is 16.7 Å². The number of likely N-dealkylation sites (tertiary alicyclic amines) is 1. The number of carbonyl (C=O) groups is 1. The molecule has 1 atom stereocenters. The standard InChI is InChI=1S/C25H27N7O/c1-2-22-26-14-16-32(22)23-11-5-9-20(30-23)21-10-6-15-31(21)24(33)12-13-27-25-18-7-3-4-8-19(18)28-17-29-25/h3-5,7-9,11,14,16-17,21H,2,6,10,12-13,15H2,1H3,(H,27,28,29)/t21-/m1/s1. The average Bonchev–Trinajstić information content (AvgIpc) is 3.54. The molecule has 1 amide bonds. The van der Waals surface area contributed by atoms with E-state index in [-0.39, 0.29) is 11.9 Å². The van der Waals surface area contributed by atoms with E-state index in [1.807, 2.05) is 58.1 Å². The molecule has 1 N–H and O–H groups in total. The van der Waals surface area contributed by atoms with E-state index >= 15 is 0 Å². The highest BCUT2D eigenvalue weighted by Crippen LogP contribution is 2.32. The molecule has 1 aliphatic rings. The molecule has 5 rings (SSSR count). The van der Waals surface area contributed by atoms with Crippen molar-refractivity contribution in [3.63, 3.8) is 0 Å². The van der Waals surface area contributed by atoms with Gasteiger partial charge in [-0.1, -0.05) is 25.1 Å². The van der Waals surface area contributed by atoms with Gasteiger partial charge in [0.25, 0.3) is 0 Å². The number of hydrogen-bond acceptors (Lipinski definition) is 6. The molecule has 1 aliphatic heterocycles. The van der Waals surface area contributed by atoms with Crippen LogP contribution in [0.5, 0.6) is 0 Å². The highest BCUT2D eigenvalue weighted by molar-refractivity contribution is 5.88. The van der Waals surface area contributed by atoms with Gasteiger partial charge in [-0.3, -0.25) is 9.36 Å². The lowest BCUT2D eigenvalue weighted by atomic mass is 10.1. The van der Waals surface area contributed by atoms with Crippen LogP contribution in [0.1, 0.15) is 43.7 Å². The van der Waals surface area contributed by atoms with Gasteiger partial charge in [-0.2, -0.15) is 0 Å². The van der Waals surface area contributed by atoms with Crippen LogP contribution in [0.2, 0.25) is 0 Å². The lowest BCUT2D eigenvalue weighted by Crippen LogP contribution is -2.32. The van der Waals surface area contributed by atoms with Crippen molar-refractivity contribution in [2.75, 3.05) is 18.4 Å². The van der Waals surface area contributed by atoms with E-state index < -0.39 is 0 Å². The topological polar surface area (TPSA) is 88.8 Å². The lowest BCUT2D eigenvalue weighted by molar-refractivity contribution is -0.131. The Bertz CT molecular complexity index is 1260. The Balaban J connectivity index is 1.27. The Kier molecular flexibility index (Phi) is 5.97. The van der Waals surface area contributed by atoms with Crippen LogP contribution >= 0.6 is 0 Å². The molecule has 8 heteroatoms. The van der Waals surface area contributed by atoms with Crippen LogP contribution in [-0.2, 0) is 11.2 Å². The van der Waals surface area contributed by atoms with Gasteiger partial charge >= 0.3 is 0 Å². The third-order valence-electron chi connectivity index (χ3n) is 6.13. The molecule has 3 aromatic heterocycles. The molecule has 1 saturated heterocycles. The van der Waals surface area contributed by atoms with E-state index in [0.29, 0.717) is 13.0 Å². The van der Waals surface area contributed by atoms with Crippen LogP contribution in [0.3, 0.4) is 0 Å². The molecule has 0 radical (unpaired) electrons. The zero-order chi connectivity index (χ0) is 22.6. The molecular weight excluding hydrogens is 414 g/mol. The Morgan fingerprint density at radius 3 is 2.94 bits per heavy atom. The number of para-hydroxylation sites is 1.